The van der Waals surface area contributed by atoms with Gasteiger partial charge in [-0.15, -0.1) is 5.10 Å². The lowest BCUT2D eigenvalue weighted by molar-refractivity contribution is -0.137. The maximum absolute atomic E-state index is 12.8. The van der Waals surface area contributed by atoms with Crippen LogP contribution >= 0.6 is 43.2 Å². The minimum Gasteiger partial charge on any atom is -0.433 e. The van der Waals surface area contributed by atoms with Gasteiger partial charge in [0, 0.05) is 47.5 Å². The predicted octanol–water partition coefficient (Wildman–Crippen LogP) is 13.4. The van der Waals surface area contributed by atoms with Crippen LogP contribution in [0, 0.1) is 0 Å². The van der Waals surface area contributed by atoms with Crippen LogP contribution in [0.2, 0.25) is 0 Å². The smallest absolute Gasteiger partial charge is 0.433 e. The number of fused-ring (bicyclic) bond motifs is 7. The van der Waals surface area contributed by atoms with E-state index in [1.165, 1.54) is 21.6 Å². The molecule has 0 radical (unpaired) electrons. The molecule has 0 unspecified atom stereocenters. The van der Waals surface area contributed by atoms with Crippen LogP contribution in [0.15, 0.2) is 126 Å². The Morgan fingerprint density at radius 1 is 0.628 bits per heavy atom. The van der Waals surface area contributed by atoms with Gasteiger partial charge in [-0.3, -0.25) is 4.84 Å². The summed E-state index contributed by atoms with van der Waals surface area (Å²) in [5.74, 6) is 3.82. The number of aromatic nitrogens is 11. The lowest BCUT2D eigenvalue weighted by Crippen LogP contribution is -2.34. The molecular weight excluding hydrogens is 1190 g/mol. The first-order valence-electron chi connectivity index (χ1n) is 27.6. The first-order valence-corrected chi connectivity index (χ1v) is 32.2. The molecule has 20 nitrogen and oxygen atoms in total. The molecule has 0 amide bonds. The minimum atomic E-state index is -4.54. The summed E-state index contributed by atoms with van der Waals surface area (Å²) in [4.78, 5) is 56.5. The lowest BCUT2D eigenvalue weighted by atomic mass is 10.1. The molecule has 454 valence electrons. The maximum Gasteiger partial charge on any atom is 0.535 e. The molecule has 27 heteroatoms. The van der Waals surface area contributed by atoms with E-state index in [0.29, 0.717) is 46.6 Å². The largest absolute Gasteiger partial charge is 0.535 e. The topological polar surface area (TPSA) is 261 Å². The van der Waals surface area contributed by atoms with E-state index in [4.69, 9.17) is 40.5 Å². The third-order valence-corrected chi connectivity index (χ3v) is 17.0. The van der Waals surface area contributed by atoms with Crippen LogP contribution in [0.4, 0.5) is 34.4 Å². The van der Waals surface area contributed by atoms with Crippen molar-refractivity contribution < 1.29 is 46.9 Å². The fraction of sp³-hybridized carbons (Fsp3) is 0.356. The van der Waals surface area contributed by atoms with Crippen LogP contribution in [-0.4, -0.2) is 108 Å². The molecule has 0 saturated carbocycles. The average Bonchev–Trinajstić information content (AvgIpc) is 1.64. The Hall–Kier alpha value is -7.59. The van der Waals surface area contributed by atoms with Gasteiger partial charge in [0.2, 0.25) is 0 Å². The van der Waals surface area contributed by atoms with E-state index in [0.717, 1.165) is 117 Å². The highest BCUT2D eigenvalue weighted by atomic mass is 33.1. The molecule has 7 heterocycles. The van der Waals surface area contributed by atoms with Crippen molar-refractivity contribution in [3.63, 3.8) is 0 Å². The SMILES string of the molecule is CCCCc1nc2c(N)nc3ccccc3c2n1CC(C)(C)O.CCCCc1nc2c(N)nc3ccccc3c2n1CC(C)(C)OC(=O)OCCSSc1ccccn1.O=C(OCCSSc1ccccn1)On1nnc2ccc(C(F)(F)F)cc21. The second-order valence-electron chi connectivity index (χ2n) is 20.6. The number of hydrogen-bond acceptors (Lipinski definition) is 21. The quantitative estimate of drug-likeness (QED) is 0.0246. The van der Waals surface area contributed by atoms with E-state index < -0.39 is 35.3 Å². The molecule has 86 heavy (non-hydrogen) atoms. The number of carbonyl (C=O) groups excluding carboxylic acids is 2. The fourth-order valence-electron chi connectivity index (χ4n) is 8.81. The zero-order valence-corrected chi connectivity index (χ0v) is 51.5. The highest BCUT2D eigenvalue weighted by Crippen LogP contribution is 2.35. The number of para-hydroxylation sites is 2. The van der Waals surface area contributed by atoms with Gasteiger partial charge in [0.05, 0.1) is 46.3 Å². The molecule has 7 aromatic heterocycles. The fourth-order valence-corrected chi connectivity index (χ4v) is 12.2. The van der Waals surface area contributed by atoms with E-state index >= 15 is 0 Å². The van der Waals surface area contributed by atoms with E-state index in [-0.39, 0.29) is 24.2 Å². The number of halogens is 3. The first-order chi connectivity index (χ1) is 41.2. The van der Waals surface area contributed by atoms with Crippen LogP contribution in [0.5, 0.6) is 0 Å². The predicted molar refractivity (Wildman–Crippen MR) is 334 cm³/mol. The van der Waals surface area contributed by atoms with Crippen molar-refractivity contribution in [2.24, 2.45) is 0 Å². The van der Waals surface area contributed by atoms with Crippen molar-refractivity contribution in [1.29, 1.82) is 0 Å². The molecule has 0 aliphatic rings. The molecule has 0 aliphatic carbocycles. The van der Waals surface area contributed by atoms with E-state index in [1.54, 1.807) is 40.0 Å². The second-order valence-corrected chi connectivity index (χ2v) is 25.5. The molecule has 10 rings (SSSR count). The Bertz CT molecular complexity index is 3890. The van der Waals surface area contributed by atoms with Crippen LogP contribution in [0.3, 0.4) is 0 Å². The summed E-state index contributed by atoms with van der Waals surface area (Å²) in [6.07, 6.45) is 2.96. The van der Waals surface area contributed by atoms with Crippen molar-refractivity contribution >= 4 is 122 Å². The summed E-state index contributed by atoms with van der Waals surface area (Å²) >= 11 is 0. The molecule has 5 N–H and O–H groups in total. The van der Waals surface area contributed by atoms with Gasteiger partial charge < -0.3 is 39.9 Å². The van der Waals surface area contributed by atoms with Gasteiger partial charge in [-0.05, 0) is 122 Å². The number of carbonyl (C=O) groups is 2. The minimum absolute atomic E-state index is 0.0454. The third-order valence-electron chi connectivity index (χ3n) is 12.6. The van der Waals surface area contributed by atoms with Crippen LogP contribution < -0.4 is 16.3 Å². The number of ether oxygens (including phenoxy) is 3. The summed E-state index contributed by atoms with van der Waals surface area (Å²) in [5.41, 5.74) is 14.9. The molecule has 0 fully saturated rings. The molecule has 0 spiro atoms. The number of rotatable bonds is 22. The Kier molecular flexibility index (Phi) is 22.2. The summed E-state index contributed by atoms with van der Waals surface area (Å²) in [6, 6.07) is 29.9. The zero-order valence-electron chi connectivity index (χ0n) is 48.2. The van der Waals surface area contributed by atoms with E-state index in [2.05, 4.69) is 53.2 Å². The van der Waals surface area contributed by atoms with Crippen molar-refractivity contribution in [2.75, 3.05) is 36.2 Å². The van der Waals surface area contributed by atoms with Gasteiger partial charge in [0.25, 0.3) is 0 Å². The van der Waals surface area contributed by atoms with Gasteiger partial charge in [-0.25, -0.2) is 39.5 Å². The Balaban J connectivity index is 0.000000172. The van der Waals surface area contributed by atoms with Crippen molar-refractivity contribution in [3.8, 4) is 0 Å². The lowest BCUT2D eigenvalue weighted by Gasteiger charge is -2.26. The Morgan fingerprint density at radius 3 is 1.62 bits per heavy atom. The van der Waals surface area contributed by atoms with Gasteiger partial charge in [0.15, 0.2) is 11.6 Å². The molecule has 10 aromatic rings. The summed E-state index contributed by atoms with van der Waals surface area (Å²) in [5, 5.41) is 21.2. The van der Waals surface area contributed by atoms with E-state index in [9.17, 15) is 27.9 Å². The number of aryl methyl sites for hydroxylation is 2. The summed E-state index contributed by atoms with van der Waals surface area (Å²) in [6.45, 7) is 12.9. The molecule has 0 bridgehead atoms. The Morgan fingerprint density at radius 2 is 1.13 bits per heavy atom. The highest BCUT2D eigenvalue weighted by molar-refractivity contribution is 8.77. The Labute approximate surface area is 509 Å². The number of nitrogen functional groups attached to an aromatic ring is 2. The van der Waals surface area contributed by atoms with Gasteiger partial charge in [-0.2, -0.15) is 13.2 Å². The molecule has 0 aliphatic heterocycles. The third kappa shape index (κ3) is 17.5. The van der Waals surface area contributed by atoms with Gasteiger partial charge >= 0.3 is 18.5 Å². The number of alkyl halides is 3. The van der Waals surface area contributed by atoms with Crippen molar-refractivity contribution in [3.05, 3.63) is 133 Å². The number of nitrogens with two attached hydrogens (primary N) is 2. The maximum atomic E-state index is 12.8. The number of unbranched alkanes of at least 4 members (excludes halogenated alkanes) is 2. The summed E-state index contributed by atoms with van der Waals surface area (Å²) < 4.78 is 58.6. The highest BCUT2D eigenvalue weighted by Gasteiger charge is 2.32. The molecule has 0 atom stereocenters. The standard InChI is InChI=1S/C26H31N5O3S2.C18H24N4O.C15H11F3N4O3S2/c1-4-5-12-20-30-22-23(18-10-6-7-11-19(18)29-24(22)27)31(20)17-26(2,3)34-25(32)33-15-16-35-36-21-13-8-9-14-28-21;1-4-5-10-14-21-15-16(22(14)11-18(2,3)23)12-8-6-7-9-13(12)20-17(15)19;16-15(17,18)10-4-5-11-12(9-10)22(21-20-11)25-14(23)24-7-8-26-27-13-3-1-2-6-19-13/h6-11,13-14H,4-5,12,15-17H2,1-3H3,(H2,27,29);6-9,23H,4-5,10-11H2,1-3H3,(H2,19,20);1-6,9H,7-8H2. The number of nitrogens with zero attached hydrogens (tertiary/aromatic N) is 11. The van der Waals surface area contributed by atoms with Crippen LogP contribution in [-0.2, 0) is 46.3 Å². The number of anilines is 2. The van der Waals surface area contributed by atoms with Gasteiger partial charge in [-0.1, -0.05) is 102 Å². The normalized spacial score (nSPS) is 11.8. The average molecular weight is 1250 g/mol. The van der Waals surface area contributed by atoms with Crippen molar-refractivity contribution in [1.82, 2.24) is 54.2 Å². The molecule has 0 saturated heterocycles. The molecular formula is C59H66F3N13O7S4. The number of hydrogen-bond donors (Lipinski definition) is 3. The number of benzene rings is 3. The first kappa shape index (κ1) is 64.4. The number of aliphatic hydroxyl groups is 1. The molecule has 3 aromatic carbocycles. The van der Waals surface area contributed by atoms with E-state index in [1.807, 2.05) is 107 Å². The number of pyridine rings is 4. The zero-order chi connectivity index (χ0) is 61.4. The van der Waals surface area contributed by atoms with Crippen LogP contribution in [0.1, 0.15) is 84.4 Å². The van der Waals surface area contributed by atoms with Crippen molar-refractivity contribution in [2.45, 2.75) is 121 Å². The number of imidazole rings is 2. The monoisotopic (exact) mass is 1250 g/mol. The second kappa shape index (κ2) is 29.7. The summed E-state index contributed by atoms with van der Waals surface area (Å²) in [7, 11) is 5.97. The van der Waals surface area contributed by atoms with Crippen LogP contribution in [0.25, 0.3) is 54.9 Å². The van der Waals surface area contributed by atoms with Gasteiger partial charge in [0.1, 0.15) is 62.6 Å².